The highest BCUT2D eigenvalue weighted by Gasteiger charge is 2.33. The molecule has 0 spiro atoms. The Morgan fingerprint density at radius 1 is 1.33 bits per heavy atom. The molecule has 15 heavy (non-hydrogen) atoms. The van der Waals surface area contributed by atoms with E-state index in [2.05, 4.69) is 38.0 Å². The molecule has 1 saturated heterocycles. The van der Waals surface area contributed by atoms with Gasteiger partial charge in [-0.3, -0.25) is 0 Å². The maximum absolute atomic E-state index is 3.63. The maximum atomic E-state index is 3.63. The van der Waals surface area contributed by atoms with Crippen LogP contribution in [-0.4, -0.2) is 37.6 Å². The number of unbranched alkanes of at least 4 members (excludes halogenated alkanes) is 1. The first-order valence-electron chi connectivity index (χ1n) is 6.48. The first kappa shape index (κ1) is 13.0. The molecule has 2 nitrogen and oxygen atoms in total. The molecule has 1 unspecified atom stereocenters. The molecule has 0 saturated carbocycles. The van der Waals surface area contributed by atoms with Gasteiger partial charge in [0.05, 0.1) is 0 Å². The van der Waals surface area contributed by atoms with Crippen LogP contribution in [0.2, 0.25) is 0 Å². The molecule has 0 aromatic rings. The van der Waals surface area contributed by atoms with Crippen LogP contribution in [0.3, 0.4) is 0 Å². The van der Waals surface area contributed by atoms with Crippen LogP contribution in [0.25, 0.3) is 0 Å². The SMILES string of the molecule is CCCCN(C)CCC1NCCC1(C)C. The van der Waals surface area contributed by atoms with Crippen LogP contribution < -0.4 is 5.32 Å². The number of nitrogens with zero attached hydrogens (tertiary/aromatic N) is 1. The van der Waals surface area contributed by atoms with Gasteiger partial charge < -0.3 is 10.2 Å². The molecule has 0 aliphatic carbocycles. The van der Waals surface area contributed by atoms with Gasteiger partial charge in [-0.2, -0.15) is 0 Å². The second-order valence-electron chi connectivity index (χ2n) is 5.69. The summed E-state index contributed by atoms with van der Waals surface area (Å²) in [5.74, 6) is 0. The van der Waals surface area contributed by atoms with E-state index in [4.69, 9.17) is 0 Å². The molecule has 0 aromatic heterocycles. The summed E-state index contributed by atoms with van der Waals surface area (Å²) in [5.41, 5.74) is 0.506. The van der Waals surface area contributed by atoms with E-state index in [1.807, 2.05) is 0 Å². The van der Waals surface area contributed by atoms with Gasteiger partial charge in [0.15, 0.2) is 0 Å². The van der Waals surface area contributed by atoms with Crippen LogP contribution in [0.1, 0.15) is 46.5 Å². The molecule has 0 radical (unpaired) electrons. The Kier molecular flexibility index (Phi) is 5.07. The van der Waals surface area contributed by atoms with Crippen molar-refractivity contribution in [1.82, 2.24) is 10.2 Å². The zero-order valence-electron chi connectivity index (χ0n) is 11.0. The van der Waals surface area contributed by atoms with E-state index in [1.54, 1.807) is 0 Å². The third-order valence-electron chi connectivity index (χ3n) is 3.80. The van der Waals surface area contributed by atoms with Gasteiger partial charge in [0, 0.05) is 6.04 Å². The van der Waals surface area contributed by atoms with Crippen molar-refractivity contribution in [3.63, 3.8) is 0 Å². The van der Waals surface area contributed by atoms with Gasteiger partial charge in [-0.15, -0.1) is 0 Å². The molecule has 0 bridgehead atoms. The van der Waals surface area contributed by atoms with Gasteiger partial charge >= 0.3 is 0 Å². The Morgan fingerprint density at radius 2 is 2.07 bits per heavy atom. The predicted octanol–water partition coefficient (Wildman–Crippen LogP) is 2.50. The van der Waals surface area contributed by atoms with Crippen LogP contribution in [0, 0.1) is 5.41 Å². The van der Waals surface area contributed by atoms with Crippen molar-refractivity contribution in [2.75, 3.05) is 26.7 Å². The summed E-state index contributed by atoms with van der Waals surface area (Å²) < 4.78 is 0. The molecule has 2 heteroatoms. The highest BCUT2D eigenvalue weighted by molar-refractivity contribution is 4.90. The van der Waals surface area contributed by atoms with Crippen LogP contribution in [0.15, 0.2) is 0 Å². The van der Waals surface area contributed by atoms with Crippen molar-refractivity contribution >= 4 is 0 Å². The number of nitrogens with one attached hydrogen (secondary N) is 1. The van der Waals surface area contributed by atoms with Crippen molar-refractivity contribution in [1.29, 1.82) is 0 Å². The van der Waals surface area contributed by atoms with Crippen LogP contribution >= 0.6 is 0 Å². The Labute approximate surface area is 95.4 Å². The lowest BCUT2D eigenvalue weighted by molar-refractivity contribution is 0.250. The minimum atomic E-state index is 0.506. The molecule has 1 aliphatic heterocycles. The highest BCUT2D eigenvalue weighted by atomic mass is 15.1. The number of hydrogen-bond acceptors (Lipinski definition) is 2. The maximum Gasteiger partial charge on any atom is 0.0131 e. The first-order valence-corrected chi connectivity index (χ1v) is 6.48. The van der Waals surface area contributed by atoms with E-state index in [-0.39, 0.29) is 0 Å². The molecular weight excluding hydrogens is 184 g/mol. The Morgan fingerprint density at radius 3 is 2.60 bits per heavy atom. The lowest BCUT2D eigenvalue weighted by atomic mass is 9.83. The van der Waals surface area contributed by atoms with E-state index in [0.717, 1.165) is 6.04 Å². The summed E-state index contributed by atoms with van der Waals surface area (Å²) >= 11 is 0. The van der Waals surface area contributed by atoms with Gasteiger partial charge in [-0.25, -0.2) is 0 Å². The van der Waals surface area contributed by atoms with Crippen LogP contribution in [0.5, 0.6) is 0 Å². The lowest BCUT2D eigenvalue weighted by Gasteiger charge is -2.28. The van der Waals surface area contributed by atoms with Crippen molar-refractivity contribution in [2.45, 2.75) is 52.5 Å². The van der Waals surface area contributed by atoms with Gasteiger partial charge in [0.25, 0.3) is 0 Å². The standard InChI is InChI=1S/C13H28N2/c1-5-6-10-15(4)11-7-12-13(2,3)8-9-14-12/h12,14H,5-11H2,1-4H3. The predicted molar refractivity (Wildman–Crippen MR) is 67.2 cm³/mol. The highest BCUT2D eigenvalue weighted by Crippen LogP contribution is 2.31. The van der Waals surface area contributed by atoms with Crippen molar-refractivity contribution in [3.8, 4) is 0 Å². The van der Waals surface area contributed by atoms with Crippen molar-refractivity contribution in [2.24, 2.45) is 5.41 Å². The summed E-state index contributed by atoms with van der Waals surface area (Å²) in [7, 11) is 2.25. The molecule has 1 rings (SSSR count). The van der Waals surface area contributed by atoms with Crippen LogP contribution in [-0.2, 0) is 0 Å². The molecule has 1 fully saturated rings. The van der Waals surface area contributed by atoms with Crippen molar-refractivity contribution in [3.05, 3.63) is 0 Å². The third-order valence-corrected chi connectivity index (χ3v) is 3.80. The number of rotatable bonds is 6. The summed E-state index contributed by atoms with van der Waals surface area (Å²) in [5, 5.41) is 3.63. The molecule has 0 amide bonds. The minimum absolute atomic E-state index is 0.506. The van der Waals surface area contributed by atoms with Crippen molar-refractivity contribution < 1.29 is 0 Å². The fourth-order valence-corrected chi connectivity index (χ4v) is 2.40. The molecule has 1 heterocycles. The molecule has 90 valence electrons. The molecule has 0 aromatic carbocycles. The zero-order valence-corrected chi connectivity index (χ0v) is 11.0. The molecule has 1 atom stereocenters. The van der Waals surface area contributed by atoms with Crippen LogP contribution in [0.4, 0.5) is 0 Å². The van der Waals surface area contributed by atoms with E-state index in [1.165, 1.54) is 45.3 Å². The summed E-state index contributed by atoms with van der Waals surface area (Å²) in [6, 6.07) is 0.724. The summed E-state index contributed by atoms with van der Waals surface area (Å²) in [6.07, 6.45) is 5.26. The Balaban J connectivity index is 2.19. The van der Waals surface area contributed by atoms with E-state index >= 15 is 0 Å². The molecule has 1 N–H and O–H groups in total. The fourth-order valence-electron chi connectivity index (χ4n) is 2.40. The topological polar surface area (TPSA) is 15.3 Å². The van der Waals surface area contributed by atoms with E-state index < -0.39 is 0 Å². The summed E-state index contributed by atoms with van der Waals surface area (Å²) in [6.45, 7) is 10.7. The van der Waals surface area contributed by atoms with Gasteiger partial charge in [0.1, 0.15) is 0 Å². The average Bonchev–Trinajstić information content (AvgIpc) is 2.51. The average molecular weight is 212 g/mol. The molecule has 1 aliphatic rings. The fraction of sp³-hybridized carbons (Fsp3) is 1.00. The first-order chi connectivity index (χ1) is 7.06. The molecular formula is C13H28N2. The second-order valence-corrected chi connectivity index (χ2v) is 5.69. The van der Waals surface area contributed by atoms with Gasteiger partial charge in [-0.1, -0.05) is 27.2 Å². The monoisotopic (exact) mass is 212 g/mol. The Hall–Kier alpha value is -0.0800. The largest absolute Gasteiger partial charge is 0.313 e. The number of hydrogen-bond donors (Lipinski definition) is 1. The van der Waals surface area contributed by atoms with E-state index in [0.29, 0.717) is 5.41 Å². The summed E-state index contributed by atoms with van der Waals surface area (Å²) in [4.78, 5) is 2.47. The zero-order chi connectivity index (χ0) is 11.3. The Bertz CT molecular complexity index is 177. The van der Waals surface area contributed by atoms with Gasteiger partial charge in [-0.05, 0) is 51.4 Å². The van der Waals surface area contributed by atoms with Gasteiger partial charge in [0.2, 0.25) is 0 Å². The quantitative estimate of drug-likeness (QED) is 0.728. The minimum Gasteiger partial charge on any atom is -0.313 e. The van der Waals surface area contributed by atoms with E-state index in [9.17, 15) is 0 Å². The second kappa shape index (κ2) is 5.86. The lowest BCUT2D eigenvalue weighted by Crippen LogP contribution is -2.36. The third kappa shape index (κ3) is 4.12. The smallest absolute Gasteiger partial charge is 0.0131 e. The normalized spacial score (nSPS) is 25.0.